The van der Waals surface area contributed by atoms with Gasteiger partial charge in [-0.3, -0.25) is 0 Å². The van der Waals surface area contributed by atoms with E-state index in [-0.39, 0.29) is 5.56 Å². The number of rotatable bonds is 4. The lowest BCUT2D eigenvalue weighted by Crippen LogP contribution is -1.99. The van der Waals surface area contributed by atoms with E-state index in [0.29, 0.717) is 12.4 Å². The molecule has 0 aromatic heterocycles. The number of carboxylic acid groups (broad SMARTS) is 1. The van der Waals surface area contributed by atoms with E-state index in [2.05, 4.69) is 0 Å². The van der Waals surface area contributed by atoms with Gasteiger partial charge in [0.1, 0.15) is 12.4 Å². The predicted octanol–water partition coefficient (Wildman–Crippen LogP) is 3.99. The van der Waals surface area contributed by atoms with Crippen molar-refractivity contribution in [1.82, 2.24) is 0 Å². The van der Waals surface area contributed by atoms with Crippen molar-refractivity contribution in [2.75, 3.05) is 0 Å². The maximum absolute atomic E-state index is 10.8. The molecule has 0 heterocycles. The summed E-state index contributed by atoms with van der Waals surface area (Å²) in [6, 6.07) is 16.2. The van der Waals surface area contributed by atoms with Gasteiger partial charge in [0, 0.05) is 0 Å². The van der Waals surface area contributed by atoms with Crippen LogP contribution in [0.15, 0.2) is 54.6 Å². The number of carboxylic acids is 1. The van der Waals surface area contributed by atoms with E-state index >= 15 is 0 Å². The normalized spacial score (nSPS) is 9.16. The maximum Gasteiger partial charge on any atom is 0.335 e. The monoisotopic (exact) mass is 258 g/mol. The van der Waals surface area contributed by atoms with Crippen LogP contribution in [0.3, 0.4) is 0 Å². The minimum atomic E-state index is -0.949. The zero-order valence-electron chi connectivity index (χ0n) is 11.2. The highest BCUT2D eigenvalue weighted by Gasteiger charge is 2.03. The molecule has 1 N–H and O–H groups in total. The van der Waals surface area contributed by atoms with Crippen LogP contribution in [-0.4, -0.2) is 11.1 Å². The number of hydrogen-bond acceptors (Lipinski definition) is 2. The molecular weight excluding hydrogens is 240 g/mol. The van der Waals surface area contributed by atoms with Crippen molar-refractivity contribution in [3.8, 4) is 5.75 Å². The quantitative estimate of drug-likeness (QED) is 0.902. The molecule has 0 atom stereocenters. The molecular formula is C16H18O3. The summed E-state index contributed by atoms with van der Waals surface area (Å²) >= 11 is 0. The lowest BCUT2D eigenvalue weighted by Gasteiger charge is -2.06. The number of carbonyl (C=O) groups is 1. The predicted molar refractivity (Wildman–Crippen MR) is 75.5 cm³/mol. The van der Waals surface area contributed by atoms with Crippen LogP contribution in [0.1, 0.15) is 29.8 Å². The molecule has 0 spiro atoms. The second-order valence-electron chi connectivity index (χ2n) is 3.61. The maximum atomic E-state index is 10.8. The molecule has 0 saturated heterocycles. The molecule has 2 aromatic carbocycles. The van der Waals surface area contributed by atoms with E-state index < -0.39 is 5.97 Å². The van der Waals surface area contributed by atoms with Gasteiger partial charge < -0.3 is 9.84 Å². The fraction of sp³-hybridized carbons (Fsp3) is 0.188. The smallest absolute Gasteiger partial charge is 0.335 e. The molecule has 0 saturated carbocycles. The van der Waals surface area contributed by atoms with E-state index in [9.17, 15) is 4.79 Å². The van der Waals surface area contributed by atoms with Crippen molar-refractivity contribution in [2.24, 2.45) is 0 Å². The molecule has 0 bridgehead atoms. The fourth-order valence-corrected chi connectivity index (χ4v) is 1.46. The van der Waals surface area contributed by atoms with Crippen molar-refractivity contribution in [3.05, 3.63) is 65.7 Å². The summed E-state index contributed by atoms with van der Waals surface area (Å²) in [7, 11) is 0. The Hall–Kier alpha value is -2.29. The topological polar surface area (TPSA) is 46.5 Å². The Morgan fingerprint density at radius 1 is 1.05 bits per heavy atom. The van der Waals surface area contributed by atoms with Crippen molar-refractivity contribution in [3.63, 3.8) is 0 Å². The molecule has 0 fully saturated rings. The third kappa shape index (κ3) is 4.84. The minimum absolute atomic E-state index is 0.232. The molecule has 0 radical (unpaired) electrons. The summed E-state index contributed by atoms with van der Waals surface area (Å²) < 4.78 is 5.52. The first kappa shape index (κ1) is 14.8. The molecule has 0 aliphatic carbocycles. The van der Waals surface area contributed by atoms with Gasteiger partial charge in [0.15, 0.2) is 0 Å². The third-order valence-corrected chi connectivity index (χ3v) is 2.33. The van der Waals surface area contributed by atoms with Crippen molar-refractivity contribution >= 4 is 5.97 Å². The van der Waals surface area contributed by atoms with Crippen LogP contribution in [0.25, 0.3) is 0 Å². The van der Waals surface area contributed by atoms with E-state index in [4.69, 9.17) is 9.84 Å². The number of hydrogen-bond donors (Lipinski definition) is 1. The van der Waals surface area contributed by atoms with Gasteiger partial charge in [-0.2, -0.15) is 0 Å². The SMILES string of the molecule is CC.O=C(O)c1cccc(OCc2ccccc2)c1. The fourth-order valence-electron chi connectivity index (χ4n) is 1.46. The highest BCUT2D eigenvalue weighted by atomic mass is 16.5. The summed E-state index contributed by atoms with van der Waals surface area (Å²) in [5.41, 5.74) is 1.28. The Bertz CT molecular complexity index is 506. The zero-order valence-corrected chi connectivity index (χ0v) is 11.2. The molecule has 2 rings (SSSR count). The lowest BCUT2D eigenvalue weighted by molar-refractivity contribution is 0.0696. The molecule has 3 nitrogen and oxygen atoms in total. The third-order valence-electron chi connectivity index (χ3n) is 2.33. The van der Waals surface area contributed by atoms with Crippen molar-refractivity contribution in [2.45, 2.75) is 20.5 Å². The first-order valence-corrected chi connectivity index (χ1v) is 6.26. The van der Waals surface area contributed by atoms with Crippen LogP contribution in [-0.2, 0) is 6.61 Å². The number of benzene rings is 2. The van der Waals surface area contributed by atoms with Gasteiger partial charge in [0.05, 0.1) is 5.56 Å². The molecule has 3 heteroatoms. The van der Waals surface area contributed by atoms with Gasteiger partial charge in [0.2, 0.25) is 0 Å². The van der Waals surface area contributed by atoms with Crippen LogP contribution < -0.4 is 4.74 Å². The average Bonchev–Trinajstić information content (AvgIpc) is 2.48. The average molecular weight is 258 g/mol. The van der Waals surface area contributed by atoms with E-state index in [1.807, 2.05) is 44.2 Å². The Morgan fingerprint density at radius 2 is 1.74 bits per heavy atom. The Morgan fingerprint density at radius 3 is 2.37 bits per heavy atom. The second-order valence-corrected chi connectivity index (χ2v) is 3.61. The minimum Gasteiger partial charge on any atom is -0.489 e. The highest BCUT2D eigenvalue weighted by molar-refractivity contribution is 5.87. The van der Waals surface area contributed by atoms with E-state index in [1.165, 1.54) is 12.1 Å². The first-order chi connectivity index (χ1) is 9.25. The highest BCUT2D eigenvalue weighted by Crippen LogP contribution is 2.15. The Balaban J connectivity index is 0.000000861. The van der Waals surface area contributed by atoms with Crippen LogP contribution >= 0.6 is 0 Å². The molecule has 0 aliphatic rings. The first-order valence-electron chi connectivity index (χ1n) is 6.26. The van der Waals surface area contributed by atoms with Gasteiger partial charge in [-0.1, -0.05) is 50.2 Å². The van der Waals surface area contributed by atoms with Crippen LogP contribution in [0.4, 0.5) is 0 Å². The summed E-state index contributed by atoms with van der Waals surface area (Å²) in [6.45, 7) is 4.43. The molecule has 2 aromatic rings. The van der Waals surface area contributed by atoms with E-state index in [1.54, 1.807) is 12.1 Å². The molecule has 0 aliphatic heterocycles. The number of aromatic carboxylic acids is 1. The Labute approximate surface area is 113 Å². The summed E-state index contributed by atoms with van der Waals surface area (Å²) in [4.78, 5) is 10.8. The molecule has 19 heavy (non-hydrogen) atoms. The van der Waals surface area contributed by atoms with Gasteiger partial charge in [-0.25, -0.2) is 4.79 Å². The standard InChI is InChI=1S/C14H12O3.C2H6/c15-14(16)12-7-4-8-13(9-12)17-10-11-5-2-1-3-6-11;1-2/h1-9H,10H2,(H,15,16);1-2H3. The van der Waals surface area contributed by atoms with Crippen LogP contribution in [0.2, 0.25) is 0 Å². The summed E-state index contributed by atoms with van der Waals surface area (Å²) in [5, 5.41) is 8.84. The second kappa shape index (κ2) is 7.93. The number of ether oxygens (including phenoxy) is 1. The van der Waals surface area contributed by atoms with Gasteiger partial charge in [-0.05, 0) is 23.8 Å². The van der Waals surface area contributed by atoms with Gasteiger partial charge >= 0.3 is 5.97 Å². The summed E-state index contributed by atoms with van der Waals surface area (Å²) in [6.07, 6.45) is 0. The van der Waals surface area contributed by atoms with Gasteiger partial charge in [0.25, 0.3) is 0 Å². The van der Waals surface area contributed by atoms with Crippen LogP contribution in [0, 0.1) is 0 Å². The van der Waals surface area contributed by atoms with Crippen molar-refractivity contribution < 1.29 is 14.6 Å². The molecule has 100 valence electrons. The Kier molecular flexibility index (Phi) is 6.16. The molecule has 0 amide bonds. The van der Waals surface area contributed by atoms with Gasteiger partial charge in [-0.15, -0.1) is 0 Å². The lowest BCUT2D eigenvalue weighted by atomic mass is 10.2. The molecule has 0 unspecified atom stereocenters. The van der Waals surface area contributed by atoms with Crippen molar-refractivity contribution in [1.29, 1.82) is 0 Å². The largest absolute Gasteiger partial charge is 0.489 e. The van der Waals surface area contributed by atoms with Crippen LogP contribution in [0.5, 0.6) is 5.75 Å². The zero-order chi connectivity index (χ0) is 14.1. The summed E-state index contributed by atoms with van der Waals surface area (Å²) in [5.74, 6) is -0.385. The van der Waals surface area contributed by atoms with E-state index in [0.717, 1.165) is 5.56 Å².